The van der Waals surface area contributed by atoms with Crippen molar-refractivity contribution in [2.75, 3.05) is 5.32 Å². The van der Waals surface area contributed by atoms with Crippen LogP contribution in [-0.4, -0.2) is 23.9 Å². The third-order valence-electron chi connectivity index (χ3n) is 3.85. The predicted molar refractivity (Wildman–Crippen MR) is 95.3 cm³/mol. The monoisotopic (exact) mass is 354 g/mol. The molecule has 3 aromatic heterocycles. The Hall–Kier alpha value is -3.20. The summed E-state index contributed by atoms with van der Waals surface area (Å²) in [4.78, 5) is 20.3. The van der Waals surface area contributed by atoms with Gasteiger partial charge in [0.25, 0.3) is 4.96 Å². The second-order valence-corrected chi connectivity index (χ2v) is 6.33. The number of nitro groups is 1. The fourth-order valence-corrected chi connectivity index (χ4v) is 3.47. The highest BCUT2D eigenvalue weighted by Crippen LogP contribution is 2.30. The van der Waals surface area contributed by atoms with E-state index in [4.69, 9.17) is 0 Å². The summed E-state index contributed by atoms with van der Waals surface area (Å²) in [6.45, 7) is 1.90. The molecule has 8 nitrogen and oxygen atoms in total. The van der Waals surface area contributed by atoms with E-state index in [9.17, 15) is 10.1 Å². The van der Waals surface area contributed by atoms with Crippen LogP contribution in [0.1, 0.15) is 18.8 Å². The average Bonchev–Trinajstić information content (AvgIpc) is 3.30. The normalized spacial score (nSPS) is 12.4. The maximum Gasteiger partial charge on any atom is 0.372 e. The molecular formula is C16H14N6O2S. The summed E-state index contributed by atoms with van der Waals surface area (Å²) in [5.74, 6) is 0.921. The van der Waals surface area contributed by atoms with Crippen molar-refractivity contribution in [2.45, 2.75) is 13.0 Å². The van der Waals surface area contributed by atoms with Gasteiger partial charge in [0, 0.05) is 23.5 Å². The zero-order chi connectivity index (χ0) is 17.4. The van der Waals surface area contributed by atoms with Gasteiger partial charge >= 0.3 is 5.82 Å². The smallest absolute Gasteiger partial charge is 0.358 e. The van der Waals surface area contributed by atoms with Crippen LogP contribution in [0.25, 0.3) is 10.6 Å². The Labute approximate surface area is 146 Å². The molecule has 0 amide bonds. The highest BCUT2D eigenvalue weighted by molar-refractivity contribution is 7.15. The third kappa shape index (κ3) is 2.64. The van der Waals surface area contributed by atoms with Gasteiger partial charge in [-0.05, 0) is 24.0 Å². The Bertz CT molecular complexity index is 1040. The lowest BCUT2D eigenvalue weighted by Crippen LogP contribution is -2.14. The van der Waals surface area contributed by atoms with Gasteiger partial charge in [-0.2, -0.15) is 9.38 Å². The molecule has 1 atom stereocenters. The number of hydrogen-bond donors (Lipinski definition) is 1. The van der Waals surface area contributed by atoms with Crippen molar-refractivity contribution in [3.05, 3.63) is 70.2 Å². The third-order valence-corrected chi connectivity index (χ3v) is 4.61. The molecule has 0 aliphatic carbocycles. The molecule has 0 aliphatic heterocycles. The highest BCUT2D eigenvalue weighted by Gasteiger charge is 2.26. The molecule has 0 saturated carbocycles. The Morgan fingerprint density at radius 1 is 1.28 bits per heavy atom. The lowest BCUT2D eigenvalue weighted by atomic mass is 10.2. The predicted octanol–water partition coefficient (Wildman–Crippen LogP) is 3.66. The molecular weight excluding hydrogens is 340 g/mol. The van der Waals surface area contributed by atoms with Crippen molar-refractivity contribution in [2.24, 2.45) is 0 Å². The zero-order valence-corrected chi connectivity index (χ0v) is 14.1. The minimum absolute atomic E-state index is 0.0686. The van der Waals surface area contributed by atoms with E-state index >= 15 is 0 Å². The molecule has 0 spiro atoms. The first-order valence-corrected chi connectivity index (χ1v) is 8.48. The van der Waals surface area contributed by atoms with Crippen LogP contribution in [0.3, 0.4) is 0 Å². The minimum Gasteiger partial charge on any atom is -0.358 e. The molecule has 1 N–H and O–H groups in total. The van der Waals surface area contributed by atoms with Gasteiger partial charge in [0.2, 0.25) is 5.82 Å². The van der Waals surface area contributed by atoms with Gasteiger partial charge in [-0.1, -0.05) is 29.5 Å². The van der Waals surface area contributed by atoms with Gasteiger partial charge < -0.3 is 20.0 Å². The highest BCUT2D eigenvalue weighted by atomic mass is 32.1. The zero-order valence-electron chi connectivity index (χ0n) is 13.2. The van der Waals surface area contributed by atoms with Crippen molar-refractivity contribution in [1.82, 2.24) is 18.9 Å². The fraction of sp³-hybridized carbons (Fsp3) is 0.125. The molecule has 25 heavy (non-hydrogen) atoms. The summed E-state index contributed by atoms with van der Waals surface area (Å²) in [7, 11) is 0. The van der Waals surface area contributed by atoms with Crippen molar-refractivity contribution in [3.63, 3.8) is 0 Å². The molecule has 0 bridgehead atoms. The molecule has 0 radical (unpaired) electrons. The van der Waals surface area contributed by atoms with Gasteiger partial charge in [-0.15, -0.1) is 0 Å². The molecule has 4 aromatic rings. The van der Waals surface area contributed by atoms with Crippen LogP contribution >= 0.6 is 11.3 Å². The Morgan fingerprint density at radius 3 is 2.84 bits per heavy atom. The largest absolute Gasteiger partial charge is 0.372 e. The van der Waals surface area contributed by atoms with Gasteiger partial charge in [0.05, 0.1) is 6.04 Å². The number of hydrogen-bond acceptors (Lipinski definition) is 6. The Morgan fingerprint density at radius 2 is 2.08 bits per heavy atom. The molecule has 126 valence electrons. The molecule has 9 heteroatoms. The number of benzene rings is 1. The maximum absolute atomic E-state index is 11.4. The second kappa shape index (κ2) is 6.02. The first-order chi connectivity index (χ1) is 12.1. The van der Waals surface area contributed by atoms with E-state index in [1.807, 2.05) is 48.0 Å². The first kappa shape index (κ1) is 15.3. The van der Waals surface area contributed by atoms with E-state index < -0.39 is 4.92 Å². The number of nitrogens with one attached hydrogen (secondary N) is 1. The van der Waals surface area contributed by atoms with Crippen LogP contribution < -0.4 is 5.32 Å². The summed E-state index contributed by atoms with van der Waals surface area (Å²) in [6.07, 6.45) is 5.22. The second-order valence-electron chi connectivity index (χ2n) is 5.45. The number of nitrogens with zero attached hydrogens (tertiary/aromatic N) is 5. The van der Waals surface area contributed by atoms with E-state index in [-0.39, 0.29) is 17.7 Å². The molecule has 0 saturated heterocycles. The molecule has 1 aromatic carbocycles. The van der Waals surface area contributed by atoms with E-state index in [1.54, 1.807) is 17.8 Å². The van der Waals surface area contributed by atoms with Crippen LogP contribution in [0.5, 0.6) is 0 Å². The molecule has 3 heterocycles. The Kier molecular flexibility index (Phi) is 3.69. The van der Waals surface area contributed by atoms with Crippen LogP contribution in [0, 0.1) is 10.1 Å². The number of anilines is 1. The molecule has 1 unspecified atom stereocenters. The Balaban J connectivity index is 1.69. The van der Waals surface area contributed by atoms with E-state index in [0.717, 1.165) is 11.5 Å². The van der Waals surface area contributed by atoms with Gasteiger partial charge in [0.1, 0.15) is 12.0 Å². The topological polar surface area (TPSA) is 90.3 Å². The number of imidazole rings is 2. The molecule has 4 rings (SSSR count). The number of rotatable bonds is 5. The van der Waals surface area contributed by atoms with E-state index in [0.29, 0.717) is 4.96 Å². The first-order valence-electron chi connectivity index (χ1n) is 7.60. The van der Waals surface area contributed by atoms with Crippen molar-refractivity contribution in [1.29, 1.82) is 0 Å². The fourth-order valence-electron chi connectivity index (χ4n) is 2.76. The number of para-hydroxylation sites is 1. The number of fused-ring (bicyclic) bond motifs is 1. The van der Waals surface area contributed by atoms with Crippen LogP contribution in [0.4, 0.5) is 11.6 Å². The van der Waals surface area contributed by atoms with Gasteiger partial charge in [0.15, 0.2) is 0 Å². The SMILES string of the molecule is CC(Nc1nc2sccn2c1[N+](=O)[O-])c1nccn1-c1ccccc1. The minimum atomic E-state index is -0.425. The molecule has 0 fully saturated rings. The summed E-state index contributed by atoms with van der Waals surface area (Å²) < 4.78 is 3.42. The lowest BCUT2D eigenvalue weighted by molar-refractivity contribution is -0.389. The summed E-state index contributed by atoms with van der Waals surface area (Å²) >= 11 is 1.35. The standard InChI is InChI=1S/C16H14N6O2S/c1-11(14-17-7-8-20(14)12-5-3-2-4-6-12)18-13-15(22(23)24)21-9-10-25-16(21)19-13/h2-11,18H,1H3. The summed E-state index contributed by atoms with van der Waals surface area (Å²) in [6, 6.07) is 9.54. The van der Waals surface area contributed by atoms with Crippen molar-refractivity contribution < 1.29 is 4.92 Å². The van der Waals surface area contributed by atoms with E-state index in [2.05, 4.69) is 15.3 Å². The van der Waals surface area contributed by atoms with Crippen LogP contribution in [0.2, 0.25) is 0 Å². The number of thiazole rings is 1. The van der Waals surface area contributed by atoms with E-state index in [1.165, 1.54) is 15.7 Å². The summed E-state index contributed by atoms with van der Waals surface area (Å²) in [5.41, 5.74) is 0.976. The quantitative estimate of drug-likeness (QED) is 0.436. The number of aromatic nitrogens is 4. The average molecular weight is 354 g/mol. The van der Waals surface area contributed by atoms with Gasteiger partial charge in [-0.3, -0.25) is 0 Å². The molecule has 0 aliphatic rings. The van der Waals surface area contributed by atoms with Gasteiger partial charge in [-0.25, -0.2) is 4.98 Å². The maximum atomic E-state index is 11.4. The summed E-state index contributed by atoms with van der Waals surface area (Å²) in [5, 5.41) is 16.3. The van der Waals surface area contributed by atoms with Crippen LogP contribution in [0.15, 0.2) is 54.3 Å². The van der Waals surface area contributed by atoms with Crippen LogP contribution in [-0.2, 0) is 0 Å². The van der Waals surface area contributed by atoms with Crippen molar-refractivity contribution in [3.8, 4) is 5.69 Å². The lowest BCUT2D eigenvalue weighted by Gasteiger charge is -2.15. The van der Waals surface area contributed by atoms with Crippen molar-refractivity contribution >= 4 is 27.9 Å².